The molecule has 2 saturated carbocycles. The Morgan fingerprint density at radius 2 is 1.33 bits per heavy atom. The first-order chi connectivity index (χ1) is 11.7. The molecule has 2 heteroatoms. The van der Waals surface area contributed by atoms with Crippen LogP contribution < -0.4 is 0 Å². The second-order valence-electron chi connectivity index (χ2n) is 9.07. The van der Waals surface area contributed by atoms with Gasteiger partial charge >= 0.3 is 156 Å². The van der Waals surface area contributed by atoms with Crippen LogP contribution >= 0.6 is 0 Å². The van der Waals surface area contributed by atoms with Gasteiger partial charge in [-0.3, -0.25) is 0 Å². The molecule has 2 rings (SSSR count). The average molecular weight is 443 g/mol. The minimum atomic E-state index is -2.06. The average Bonchev–Trinajstić information content (AvgIpc) is 3.43. The van der Waals surface area contributed by atoms with Crippen LogP contribution in [0.1, 0.15) is 97.8 Å². The van der Waals surface area contributed by atoms with Gasteiger partial charge in [-0.2, -0.15) is 0 Å². The number of hydrogen-bond acceptors (Lipinski definition) is 1. The molecule has 0 bridgehead atoms. The predicted octanol–water partition coefficient (Wildman–Crippen LogP) is 7.17. The van der Waals surface area contributed by atoms with E-state index in [0.29, 0.717) is 5.92 Å². The molecule has 0 aliphatic heterocycles. The van der Waals surface area contributed by atoms with Gasteiger partial charge in [-0.25, -0.2) is 0 Å². The number of hydrogen-bond donors (Lipinski definition) is 1. The van der Waals surface area contributed by atoms with Crippen molar-refractivity contribution in [2.75, 3.05) is 0 Å². The van der Waals surface area contributed by atoms with Gasteiger partial charge in [0.25, 0.3) is 0 Å². The summed E-state index contributed by atoms with van der Waals surface area (Å²) in [7, 11) is 0. The number of unbranched alkanes of at least 4 members (excludes halogenated alkanes) is 3. The van der Waals surface area contributed by atoms with Crippen molar-refractivity contribution < 1.29 is 5.11 Å². The van der Waals surface area contributed by atoms with Crippen molar-refractivity contribution in [2.45, 2.75) is 121 Å². The van der Waals surface area contributed by atoms with Gasteiger partial charge in [-0.15, -0.1) is 0 Å². The Balaban J connectivity index is 2.02. The van der Waals surface area contributed by atoms with Crippen LogP contribution in [0.15, 0.2) is 0 Å². The molecule has 0 radical (unpaired) electrons. The predicted molar refractivity (Wildman–Crippen MR) is 109 cm³/mol. The molecule has 1 N–H and O–H groups in total. The third kappa shape index (κ3) is 5.63. The molecule has 3 atom stereocenters. The summed E-state index contributed by atoms with van der Waals surface area (Å²) in [4.78, 5) is 0. The molecular weight excluding hydrogens is 399 g/mol. The molecule has 0 spiro atoms. The fourth-order valence-electron chi connectivity index (χ4n) is 5.64. The third-order valence-electron chi connectivity index (χ3n) is 7.28. The first-order valence-corrected chi connectivity index (χ1v) is 19.1. The third-order valence-corrected chi connectivity index (χ3v) is 25.2. The fraction of sp³-hybridized carbons (Fsp3) is 1.00. The van der Waals surface area contributed by atoms with E-state index in [1.54, 1.807) is 13.3 Å². The molecule has 0 amide bonds. The van der Waals surface area contributed by atoms with Crippen LogP contribution in [-0.4, -0.2) is 29.6 Å². The van der Waals surface area contributed by atoms with E-state index >= 15 is 0 Å². The summed E-state index contributed by atoms with van der Waals surface area (Å²) in [6, 6.07) is 0. The van der Waals surface area contributed by atoms with Crippen LogP contribution in [0.5, 0.6) is 0 Å². The summed E-state index contributed by atoms with van der Waals surface area (Å²) in [6.07, 6.45) is 16.8. The summed E-state index contributed by atoms with van der Waals surface area (Å²) in [6.45, 7) is 7.12. The summed E-state index contributed by atoms with van der Waals surface area (Å²) >= 11 is -2.06. The Morgan fingerprint density at radius 3 is 1.79 bits per heavy atom. The summed E-state index contributed by atoms with van der Waals surface area (Å²) < 4.78 is 5.93. The molecule has 2 aliphatic rings. The van der Waals surface area contributed by atoms with E-state index in [1.807, 2.05) is 0 Å². The van der Waals surface area contributed by atoms with E-state index in [0.717, 1.165) is 9.85 Å². The zero-order chi connectivity index (χ0) is 17.4. The Labute approximate surface area is 156 Å². The van der Waals surface area contributed by atoms with Crippen LogP contribution in [0.25, 0.3) is 0 Å². The molecule has 2 fully saturated rings. The van der Waals surface area contributed by atoms with Crippen LogP contribution in [0.3, 0.4) is 0 Å². The molecule has 142 valence electrons. The molecule has 0 saturated heterocycles. The molecule has 24 heavy (non-hydrogen) atoms. The van der Waals surface area contributed by atoms with Crippen molar-refractivity contribution in [1.29, 1.82) is 0 Å². The molecule has 2 aliphatic carbocycles. The van der Waals surface area contributed by atoms with Crippen molar-refractivity contribution >= 4 is 18.4 Å². The van der Waals surface area contributed by atoms with Gasteiger partial charge < -0.3 is 0 Å². The Kier molecular flexibility index (Phi) is 9.48. The Bertz CT molecular complexity index is 315. The Morgan fingerprint density at radius 1 is 0.833 bits per heavy atom. The van der Waals surface area contributed by atoms with E-state index < -0.39 is 18.4 Å². The number of aliphatic hydroxyl groups excluding tert-OH is 1. The molecule has 0 aromatic rings. The standard InChI is InChI=1S/C10H17O.3C4H9.Sn/c11-10(9-6-7-9)8-4-2-1-3-5-8;3*1-3-4-2;/h6,8-11H,1-5,7H2;3*1,3-4H2,2H3;/t9-,10-;;;;/m1..../s1. The van der Waals surface area contributed by atoms with Crippen LogP contribution in [-0.2, 0) is 0 Å². The van der Waals surface area contributed by atoms with Crippen molar-refractivity contribution in [2.24, 2.45) is 11.8 Å². The van der Waals surface area contributed by atoms with E-state index in [4.69, 9.17) is 0 Å². The quantitative estimate of drug-likeness (QED) is 0.317. The van der Waals surface area contributed by atoms with Crippen molar-refractivity contribution in [3.05, 3.63) is 0 Å². The van der Waals surface area contributed by atoms with E-state index in [-0.39, 0.29) is 6.10 Å². The van der Waals surface area contributed by atoms with Gasteiger partial charge in [-0.05, 0) is 0 Å². The maximum absolute atomic E-state index is 11.1. The molecule has 0 aromatic heterocycles. The van der Waals surface area contributed by atoms with Crippen LogP contribution in [0, 0.1) is 11.8 Å². The van der Waals surface area contributed by atoms with Crippen molar-refractivity contribution in [1.82, 2.24) is 0 Å². The normalized spacial score (nSPS) is 26.5. The molecule has 0 heterocycles. The zero-order valence-corrected chi connectivity index (χ0v) is 19.7. The first kappa shape index (κ1) is 21.1. The van der Waals surface area contributed by atoms with Gasteiger partial charge in [0.1, 0.15) is 0 Å². The van der Waals surface area contributed by atoms with E-state index in [1.165, 1.54) is 77.0 Å². The number of rotatable bonds is 12. The van der Waals surface area contributed by atoms with E-state index in [9.17, 15) is 5.11 Å². The summed E-state index contributed by atoms with van der Waals surface area (Å²) in [5, 5.41) is 11.1. The van der Waals surface area contributed by atoms with Gasteiger partial charge in [-0.1, -0.05) is 0 Å². The van der Waals surface area contributed by atoms with Crippen LogP contribution in [0.2, 0.25) is 17.2 Å². The topological polar surface area (TPSA) is 20.2 Å². The zero-order valence-electron chi connectivity index (χ0n) is 16.9. The molecular formula is C22H44OSn. The second-order valence-corrected chi connectivity index (χ2v) is 23.2. The fourth-order valence-corrected chi connectivity index (χ4v) is 25.4. The van der Waals surface area contributed by atoms with E-state index in [2.05, 4.69) is 20.8 Å². The molecule has 0 unspecified atom stereocenters. The summed E-state index contributed by atoms with van der Waals surface area (Å²) in [5.74, 6) is 1.38. The van der Waals surface area contributed by atoms with Gasteiger partial charge in [0.05, 0.1) is 0 Å². The SMILES string of the molecule is CCC[CH2][Sn]([CH2]CCC)([CH2]CCC)[C@H]1C[C@@H]1[C@H](O)C1CCCCC1. The van der Waals surface area contributed by atoms with Crippen LogP contribution in [0.4, 0.5) is 0 Å². The van der Waals surface area contributed by atoms with Crippen molar-refractivity contribution in [3.8, 4) is 0 Å². The number of aliphatic hydroxyl groups is 1. The molecule has 0 aromatic carbocycles. The Hall–Kier alpha value is 0.759. The van der Waals surface area contributed by atoms with Gasteiger partial charge in [0.15, 0.2) is 0 Å². The van der Waals surface area contributed by atoms with Gasteiger partial charge in [0.2, 0.25) is 0 Å². The maximum atomic E-state index is 11.1. The monoisotopic (exact) mass is 444 g/mol. The first-order valence-electron chi connectivity index (χ1n) is 11.4. The summed E-state index contributed by atoms with van der Waals surface area (Å²) in [5.41, 5.74) is 0. The minimum absolute atomic E-state index is 0.0660. The van der Waals surface area contributed by atoms with Gasteiger partial charge in [0, 0.05) is 0 Å². The van der Waals surface area contributed by atoms with Crippen molar-refractivity contribution in [3.63, 3.8) is 0 Å². The second kappa shape index (κ2) is 10.8. The molecule has 1 nitrogen and oxygen atoms in total.